The van der Waals surface area contributed by atoms with Gasteiger partial charge in [-0.05, 0) is 50.2 Å². The summed E-state index contributed by atoms with van der Waals surface area (Å²) in [5, 5.41) is 6.72. The molecule has 2 aliphatic rings. The van der Waals surface area contributed by atoms with Crippen LogP contribution in [0.3, 0.4) is 0 Å². The lowest BCUT2D eigenvalue weighted by molar-refractivity contribution is -0.130. The molecule has 1 amide bonds. The molecule has 2 heterocycles. The van der Waals surface area contributed by atoms with Gasteiger partial charge in [0.05, 0.1) is 19.3 Å². The Morgan fingerprint density at radius 1 is 1.19 bits per heavy atom. The van der Waals surface area contributed by atoms with Gasteiger partial charge in [0.25, 0.3) is 0 Å². The Kier molecular flexibility index (Phi) is 10.8. The van der Waals surface area contributed by atoms with Gasteiger partial charge in [0.2, 0.25) is 5.91 Å². The second-order valence-corrected chi connectivity index (χ2v) is 8.61. The van der Waals surface area contributed by atoms with Crippen LogP contribution in [0.2, 0.25) is 0 Å². The fourth-order valence-corrected chi connectivity index (χ4v) is 4.14. The number of nitrogens with zero attached hydrogens (tertiary/aromatic N) is 2. The molecule has 2 saturated heterocycles. The van der Waals surface area contributed by atoms with Crippen molar-refractivity contribution in [1.29, 1.82) is 0 Å². The topological polar surface area (TPSA) is 75.2 Å². The number of aliphatic imine (C=N–C) groups is 1. The van der Waals surface area contributed by atoms with Gasteiger partial charge in [-0.2, -0.15) is 0 Å². The van der Waals surface area contributed by atoms with Crippen molar-refractivity contribution >= 4 is 11.9 Å². The zero-order valence-electron chi connectivity index (χ0n) is 19.6. The molecule has 178 valence electrons. The van der Waals surface area contributed by atoms with Gasteiger partial charge in [-0.3, -0.25) is 4.79 Å². The van der Waals surface area contributed by atoms with Crippen LogP contribution in [0.4, 0.5) is 0 Å². The normalized spacial score (nSPS) is 18.5. The highest BCUT2D eigenvalue weighted by Gasteiger charge is 2.16. The van der Waals surface area contributed by atoms with E-state index < -0.39 is 0 Å². The van der Waals surface area contributed by atoms with Crippen LogP contribution in [-0.4, -0.2) is 62.3 Å². The molecule has 0 radical (unpaired) electrons. The molecular formula is C25H40N4O3. The van der Waals surface area contributed by atoms with E-state index in [2.05, 4.69) is 41.8 Å². The first-order valence-corrected chi connectivity index (χ1v) is 12.3. The highest BCUT2D eigenvalue weighted by atomic mass is 16.5. The Morgan fingerprint density at radius 3 is 2.88 bits per heavy atom. The third-order valence-electron chi connectivity index (χ3n) is 5.98. The number of rotatable bonds is 10. The van der Waals surface area contributed by atoms with Crippen LogP contribution < -0.4 is 10.6 Å². The maximum Gasteiger partial charge on any atom is 0.222 e. The van der Waals surface area contributed by atoms with E-state index >= 15 is 0 Å². The molecule has 0 spiro atoms. The summed E-state index contributed by atoms with van der Waals surface area (Å²) in [6.45, 7) is 8.26. The van der Waals surface area contributed by atoms with E-state index in [9.17, 15) is 4.79 Å². The fourth-order valence-electron chi connectivity index (χ4n) is 4.14. The van der Waals surface area contributed by atoms with Gasteiger partial charge < -0.3 is 25.0 Å². The molecule has 32 heavy (non-hydrogen) atoms. The number of ether oxygens (including phenoxy) is 2. The second-order valence-electron chi connectivity index (χ2n) is 8.61. The quantitative estimate of drug-likeness (QED) is 0.329. The first kappa shape index (κ1) is 24.5. The third kappa shape index (κ3) is 8.79. The van der Waals surface area contributed by atoms with Crippen LogP contribution in [0.1, 0.15) is 63.0 Å². The van der Waals surface area contributed by atoms with E-state index in [0.29, 0.717) is 31.6 Å². The maximum atomic E-state index is 12.1. The number of nitrogens with one attached hydrogen (secondary N) is 2. The third-order valence-corrected chi connectivity index (χ3v) is 5.98. The second kappa shape index (κ2) is 14.1. The predicted octanol–water partition coefficient (Wildman–Crippen LogP) is 3.23. The van der Waals surface area contributed by atoms with Crippen molar-refractivity contribution < 1.29 is 14.3 Å². The number of guanidine groups is 1. The Morgan fingerprint density at radius 2 is 2.03 bits per heavy atom. The number of benzene rings is 1. The molecule has 7 nitrogen and oxygen atoms in total. The van der Waals surface area contributed by atoms with Gasteiger partial charge in [0.15, 0.2) is 5.96 Å². The molecule has 0 aliphatic carbocycles. The number of amides is 1. The molecule has 1 aromatic rings. The lowest BCUT2D eigenvalue weighted by Crippen LogP contribution is -2.39. The summed E-state index contributed by atoms with van der Waals surface area (Å²) >= 11 is 0. The monoisotopic (exact) mass is 444 g/mol. The largest absolute Gasteiger partial charge is 0.381 e. The highest BCUT2D eigenvalue weighted by Crippen LogP contribution is 2.15. The lowest BCUT2D eigenvalue weighted by Gasteiger charge is -2.22. The standard InChI is InChI=1S/C25H40N4O3/c1-2-26-25(27-13-7-15-29-14-5-3-4-10-24(29)30)28-19-21-8-6-9-22(18-21)20-32-23-11-16-31-17-12-23/h6,8-9,18,23H,2-5,7,10-17,19-20H2,1H3,(H2,26,27,28). The molecular weight excluding hydrogens is 404 g/mol. The SMILES string of the molecule is CCNC(=NCc1cccc(COC2CCOCC2)c1)NCCCN1CCCCCC1=O. The number of carbonyl (C=O) groups excluding carboxylic acids is 1. The Hall–Kier alpha value is -2.12. The Balaban J connectivity index is 1.42. The molecule has 0 atom stereocenters. The van der Waals surface area contributed by atoms with Crippen LogP contribution in [0, 0.1) is 0 Å². The summed E-state index contributed by atoms with van der Waals surface area (Å²) < 4.78 is 11.4. The summed E-state index contributed by atoms with van der Waals surface area (Å²) in [5.74, 6) is 1.13. The van der Waals surface area contributed by atoms with E-state index in [1.54, 1.807) is 0 Å². The predicted molar refractivity (Wildman–Crippen MR) is 128 cm³/mol. The zero-order valence-corrected chi connectivity index (χ0v) is 19.6. The zero-order chi connectivity index (χ0) is 22.4. The summed E-state index contributed by atoms with van der Waals surface area (Å²) in [4.78, 5) is 18.9. The minimum atomic E-state index is 0.305. The van der Waals surface area contributed by atoms with E-state index in [1.807, 2.05) is 4.90 Å². The molecule has 1 aromatic carbocycles. The van der Waals surface area contributed by atoms with Crippen LogP contribution in [0.5, 0.6) is 0 Å². The Labute approximate surface area is 192 Å². The minimum absolute atomic E-state index is 0.305. The van der Waals surface area contributed by atoms with Crippen molar-refractivity contribution in [2.45, 2.75) is 71.1 Å². The molecule has 0 saturated carbocycles. The fraction of sp³-hybridized carbons (Fsp3) is 0.680. The average Bonchev–Trinajstić information content (AvgIpc) is 3.03. The average molecular weight is 445 g/mol. The molecule has 0 bridgehead atoms. The number of likely N-dealkylation sites (tertiary alicyclic amines) is 1. The van der Waals surface area contributed by atoms with Gasteiger partial charge >= 0.3 is 0 Å². The van der Waals surface area contributed by atoms with E-state index in [4.69, 9.17) is 14.5 Å². The molecule has 2 N–H and O–H groups in total. The minimum Gasteiger partial charge on any atom is -0.381 e. The molecule has 0 aromatic heterocycles. The van der Waals surface area contributed by atoms with Gasteiger partial charge in [0, 0.05) is 45.8 Å². The van der Waals surface area contributed by atoms with E-state index in [0.717, 1.165) is 77.5 Å². The Bertz CT molecular complexity index is 719. The molecule has 2 aliphatic heterocycles. The van der Waals surface area contributed by atoms with Crippen molar-refractivity contribution in [3.63, 3.8) is 0 Å². The van der Waals surface area contributed by atoms with Crippen molar-refractivity contribution in [3.05, 3.63) is 35.4 Å². The smallest absolute Gasteiger partial charge is 0.222 e. The molecule has 7 heteroatoms. The molecule has 2 fully saturated rings. The summed E-state index contributed by atoms with van der Waals surface area (Å²) in [7, 11) is 0. The maximum absolute atomic E-state index is 12.1. The summed E-state index contributed by atoms with van der Waals surface area (Å²) in [5.41, 5.74) is 2.36. The first-order valence-electron chi connectivity index (χ1n) is 12.3. The van der Waals surface area contributed by atoms with Gasteiger partial charge in [-0.15, -0.1) is 0 Å². The summed E-state index contributed by atoms with van der Waals surface area (Å²) in [6, 6.07) is 8.47. The summed E-state index contributed by atoms with van der Waals surface area (Å²) in [6.07, 6.45) is 7.23. The number of hydrogen-bond donors (Lipinski definition) is 2. The molecule has 0 unspecified atom stereocenters. The number of carbonyl (C=O) groups is 1. The number of hydrogen-bond acceptors (Lipinski definition) is 4. The van der Waals surface area contributed by atoms with Crippen LogP contribution in [0.25, 0.3) is 0 Å². The van der Waals surface area contributed by atoms with Crippen molar-refractivity contribution in [2.24, 2.45) is 4.99 Å². The van der Waals surface area contributed by atoms with Crippen LogP contribution in [0.15, 0.2) is 29.3 Å². The van der Waals surface area contributed by atoms with Crippen LogP contribution in [-0.2, 0) is 27.4 Å². The van der Waals surface area contributed by atoms with Crippen molar-refractivity contribution in [3.8, 4) is 0 Å². The van der Waals surface area contributed by atoms with Crippen molar-refractivity contribution in [1.82, 2.24) is 15.5 Å². The lowest BCUT2D eigenvalue weighted by atomic mass is 10.1. The van der Waals surface area contributed by atoms with Crippen LogP contribution >= 0.6 is 0 Å². The van der Waals surface area contributed by atoms with Crippen molar-refractivity contribution in [2.75, 3.05) is 39.4 Å². The van der Waals surface area contributed by atoms with Gasteiger partial charge in [-0.1, -0.05) is 30.7 Å². The molecule has 3 rings (SSSR count). The van der Waals surface area contributed by atoms with Gasteiger partial charge in [-0.25, -0.2) is 4.99 Å². The van der Waals surface area contributed by atoms with Gasteiger partial charge in [0.1, 0.15) is 0 Å². The van der Waals surface area contributed by atoms with E-state index in [1.165, 1.54) is 17.5 Å². The highest BCUT2D eigenvalue weighted by molar-refractivity contribution is 5.79. The first-order chi connectivity index (χ1) is 15.7. The van der Waals surface area contributed by atoms with E-state index in [-0.39, 0.29) is 0 Å².